The number of nitro benzene ring substituents is 1. The average molecular weight is 467 g/mol. The van der Waals surface area contributed by atoms with Crippen molar-refractivity contribution in [2.24, 2.45) is 0 Å². The smallest absolute Gasteiger partial charge is 0.271 e. The van der Waals surface area contributed by atoms with Gasteiger partial charge in [-0.1, -0.05) is 23.7 Å². The zero-order valence-corrected chi connectivity index (χ0v) is 18.5. The number of benzene rings is 2. The Morgan fingerprint density at radius 2 is 1.87 bits per heavy atom. The summed E-state index contributed by atoms with van der Waals surface area (Å²) in [6, 6.07) is 10.9. The van der Waals surface area contributed by atoms with Crippen LogP contribution < -0.4 is 5.32 Å². The van der Waals surface area contributed by atoms with Crippen LogP contribution in [0.4, 0.5) is 11.4 Å². The van der Waals surface area contributed by atoms with Crippen LogP contribution in [0.15, 0.2) is 42.5 Å². The Hall–Kier alpha value is -2.53. The Balaban J connectivity index is 1.65. The van der Waals surface area contributed by atoms with E-state index in [1.165, 1.54) is 22.5 Å². The third-order valence-corrected chi connectivity index (χ3v) is 7.30. The number of hydrogen-bond acceptors (Lipinski definition) is 6. The van der Waals surface area contributed by atoms with Crippen LogP contribution >= 0.6 is 11.6 Å². The molecule has 2 aromatic carbocycles. The molecular formula is C20H23ClN4O5S. The van der Waals surface area contributed by atoms with Gasteiger partial charge in [0.1, 0.15) is 0 Å². The number of nitrogens with one attached hydrogen (secondary N) is 1. The molecule has 0 bridgehead atoms. The van der Waals surface area contributed by atoms with Gasteiger partial charge in [0.25, 0.3) is 11.6 Å². The maximum atomic E-state index is 12.7. The van der Waals surface area contributed by atoms with Crippen molar-refractivity contribution >= 4 is 38.9 Å². The Morgan fingerprint density at radius 3 is 2.52 bits per heavy atom. The van der Waals surface area contributed by atoms with Gasteiger partial charge in [-0.3, -0.25) is 19.8 Å². The van der Waals surface area contributed by atoms with Gasteiger partial charge in [0, 0.05) is 50.4 Å². The maximum absolute atomic E-state index is 12.7. The van der Waals surface area contributed by atoms with Gasteiger partial charge >= 0.3 is 0 Å². The van der Waals surface area contributed by atoms with Crippen LogP contribution in [0.5, 0.6) is 0 Å². The van der Waals surface area contributed by atoms with Crippen molar-refractivity contribution in [3.63, 3.8) is 0 Å². The van der Waals surface area contributed by atoms with Crippen LogP contribution in [-0.2, 0) is 16.6 Å². The highest BCUT2D eigenvalue weighted by molar-refractivity contribution is 7.89. The molecule has 0 radical (unpaired) electrons. The molecule has 1 aliphatic rings. The van der Waals surface area contributed by atoms with Crippen LogP contribution in [0.25, 0.3) is 0 Å². The lowest BCUT2D eigenvalue weighted by molar-refractivity contribution is -0.384. The summed E-state index contributed by atoms with van der Waals surface area (Å²) in [4.78, 5) is 25.2. The van der Waals surface area contributed by atoms with E-state index >= 15 is 0 Å². The highest BCUT2D eigenvalue weighted by Crippen LogP contribution is 2.27. The number of halogens is 1. The first kappa shape index (κ1) is 23.1. The third-order valence-electron chi connectivity index (χ3n) is 5.09. The number of non-ortho nitro benzene ring substituents is 1. The summed E-state index contributed by atoms with van der Waals surface area (Å²) < 4.78 is 25.5. The Bertz CT molecular complexity index is 1080. The van der Waals surface area contributed by atoms with E-state index < -0.39 is 20.9 Å². The number of sulfonamides is 1. The predicted molar refractivity (Wildman–Crippen MR) is 119 cm³/mol. The molecule has 0 aromatic heterocycles. The molecule has 1 aliphatic heterocycles. The van der Waals surface area contributed by atoms with Gasteiger partial charge in [-0.25, -0.2) is 8.42 Å². The fourth-order valence-corrected chi connectivity index (χ4v) is 4.58. The molecule has 166 valence electrons. The fraction of sp³-hybridized carbons (Fsp3) is 0.350. The minimum Gasteiger partial charge on any atom is -0.320 e. The molecule has 1 heterocycles. The minimum absolute atomic E-state index is 0.0960. The first-order valence-corrected chi connectivity index (χ1v) is 11.7. The van der Waals surface area contributed by atoms with E-state index in [2.05, 4.69) is 10.2 Å². The second kappa shape index (κ2) is 9.73. The topological polar surface area (TPSA) is 113 Å². The lowest BCUT2D eigenvalue weighted by atomic mass is 10.1. The summed E-state index contributed by atoms with van der Waals surface area (Å²) in [6.45, 7) is 4.33. The van der Waals surface area contributed by atoms with Crippen molar-refractivity contribution in [3.05, 3.63) is 68.7 Å². The molecule has 0 atom stereocenters. The summed E-state index contributed by atoms with van der Waals surface area (Å²) in [7, 11) is -3.18. The number of amides is 1. The van der Waals surface area contributed by atoms with Crippen molar-refractivity contribution in [1.82, 2.24) is 9.21 Å². The standard InChI is InChI=1S/C20H23ClN4O5S/c1-2-31(29,30)24-10-8-23(9-11-24)14-15-4-3-5-16(12-15)20(26)22-19-13-17(25(27)28)6-7-18(19)21/h3-7,12-13H,2,8-11,14H2,1H3,(H,22,26). The molecule has 0 saturated carbocycles. The molecule has 9 nitrogen and oxygen atoms in total. The number of carbonyl (C=O) groups excluding carboxylic acids is 1. The van der Waals surface area contributed by atoms with Crippen molar-refractivity contribution in [2.45, 2.75) is 13.5 Å². The van der Waals surface area contributed by atoms with Gasteiger partial charge in [0.2, 0.25) is 10.0 Å². The Morgan fingerprint density at radius 1 is 1.16 bits per heavy atom. The first-order chi connectivity index (χ1) is 14.7. The number of piperazine rings is 1. The van der Waals surface area contributed by atoms with E-state index in [0.29, 0.717) is 38.3 Å². The van der Waals surface area contributed by atoms with E-state index in [4.69, 9.17) is 11.6 Å². The molecule has 2 aromatic rings. The predicted octanol–water partition coefficient (Wildman–Crippen LogP) is 2.97. The van der Waals surface area contributed by atoms with Crippen LogP contribution in [0, 0.1) is 10.1 Å². The van der Waals surface area contributed by atoms with E-state index in [9.17, 15) is 23.3 Å². The van der Waals surface area contributed by atoms with Gasteiger partial charge in [0.05, 0.1) is 21.4 Å². The molecule has 0 spiro atoms. The summed E-state index contributed by atoms with van der Waals surface area (Å²) in [5, 5.41) is 13.8. The molecule has 1 saturated heterocycles. The molecule has 1 N–H and O–H groups in total. The zero-order chi connectivity index (χ0) is 22.6. The molecule has 1 amide bonds. The van der Waals surface area contributed by atoms with Crippen LogP contribution in [0.3, 0.4) is 0 Å². The molecule has 0 unspecified atom stereocenters. The zero-order valence-electron chi connectivity index (χ0n) is 17.0. The Kier molecular flexibility index (Phi) is 7.26. The molecule has 3 rings (SSSR count). The molecule has 0 aliphatic carbocycles. The summed E-state index contributed by atoms with van der Waals surface area (Å²) >= 11 is 6.06. The van der Waals surface area contributed by atoms with Gasteiger partial charge in [0.15, 0.2) is 0 Å². The van der Waals surface area contributed by atoms with Crippen molar-refractivity contribution in [3.8, 4) is 0 Å². The van der Waals surface area contributed by atoms with Crippen molar-refractivity contribution in [1.29, 1.82) is 0 Å². The molecule has 1 fully saturated rings. The number of nitrogens with zero attached hydrogens (tertiary/aromatic N) is 3. The number of anilines is 1. The number of hydrogen-bond donors (Lipinski definition) is 1. The summed E-state index contributed by atoms with van der Waals surface area (Å²) in [5.74, 6) is -0.332. The second-order valence-corrected chi connectivity index (χ2v) is 9.82. The monoisotopic (exact) mass is 466 g/mol. The van der Waals surface area contributed by atoms with E-state index in [-0.39, 0.29) is 22.2 Å². The average Bonchev–Trinajstić information content (AvgIpc) is 2.75. The first-order valence-electron chi connectivity index (χ1n) is 9.74. The van der Waals surface area contributed by atoms with Crippen LogP contribution in [-0.4, -0.2) is 60.4 Å². The SMILES string of the molecule is CCS(=O)(=O)N1CCN(Cc2cccc(C(=O)Nc3cc([N+](=O)[O-])ccc3Cl)c2)CC1. The van der Waals surface area contributed by atoms with Crippen LogP contribution in [0.2, 0.25) is 5.02 Å². The number of nitro groups is 1. The lowest BCUT2D eigenvalue weighted by Gasteiger charge is -2.33. The largest absolute Gasteiger partial charge is 0.320 e. The number of carbonyl (C=O) groups is 1. The van der Waals surface area contributed by atoms with Gasteiger partial charge in [-0.15, -0.1) is 0 Å². The summed E-state index contributed by atoms with van der Waals surface area (Å²) in [6.07, 6.45) is 0. The second-order valence-electron chi connectivity index (χ2n) is 7.15. The highest BCUT2D eigenvalue weighted by atomic mass is 35.5. The van der Waals surface area contributed by atoms with E-state index in [1.54, 1.807) is 25.1 Å². The molecule has 31 heavy (non-hydrogen) atoms. The molecular weight excluding hydrogens is 444 g/mol. The summed E-state index contributed by atoms with van der Waals surface area (Å²) in [5.41, 5.74) is 1.30. The van der Waals surface area contributed by atoms with Crippen molar-refractivity contribution in [2.75, 3.05) is 37.2 Å². The van der Waals surface area contributed by atoms with Crippen LogP contribution in [0.1, 0.15) is 22.8 Å². The third kappa shape index (κ3) is 5.79. The van der Waals surface area contributed by atoms with Gasteiger partial charge < -0.3 is 5.32 Å². The number of rotatable bonds is 7. The minimum atomic E-state index is -3.18. The van der Waals surface area contributed by atoms with Crippen molar-refractivity contribution < 1.29 is 18.1 Å². The van der Waals surface area contributed by atoms with E-state index in [0.717, 1.165) is 5.56 Å². The normalized spacial score (nSPS) is 15.5. The van der Waals surface area contributed by atoms with Gasteiger partial charge in [-0.05, 0) is 30.7 Å². The Labute approximate surface area is 185 Å². The maximum Gasteiger partial charge on any atom is 0.271 e. The fourth-order valence-electron chi connectivity index (χ4n) is 3.33. The quantitative estimate of drug-likeness (QED) is 0.495. The van der Waals surface area contributed by atoms with Gasteiger partial charge in [-0.2, -0.15) is 4.31 Å². The highest BCUT2D eigenvalue weighted by Gasteiger charge is 2.25. The van der Waals surface area contributed by atoms with E-state index in [1.807, 2.05) is 6.07 Å². The molecule has 11 heteroatoms. The lowest BCUT2D eigenvalue weighted by Crippen LogP contribution is -2.48.